The van der Waals surface area contributed by atoms with Gasteiger partial charge in [0.15, 0.2) is 6.29 Å². The SMILES string of the molecule is C=CCC[C@H](O)C(OC)OC. The third kappa shape index (κ3) is 4.14. The van der Waals surface area contributed by atoms with Crippen LogP contribution in [0.3, 0.4) is 0 Å². The van der Waals surface area contributed by atoms with Gasteiger partial charge in [-0.15, -0.1) is 6.58 Å². The molecule has 0 fully saturated rings. The zero-order chi connectivity index (χ0) is 8.69. The molecular formula is C8H16O3. The Morgan fingerprint density at radius 1 is 1.45 bits per heavy atom. The summed E-state index contributed by atoms with van der Waals surface area (Å²) >= 11 is 0. The second kappa shape index (κ2) is 6.34. The summed E-state index contributed by atoms with van der Waals surface area (Å²) in [6.07, 6.45) is 2.06. The summed E-state index contributed by atoms with van der Waals surface area (Å²) in [6, 6.07) is 0. The quantitative estimate of drug-likeness (QED) is 0.464. The van der Waals surface area contributed by atoms with Gasteiger partial charge < -0.3 is 14.6 Å². The van der Waals surface area contributed by atoms with Gasteiger partial charge in [0, 0.05) is 14.2 Å². The monoisotopic (exact) mass is 160 g/mol. The topological polar surface area (TPSA) is 38.7 Å². The minimum absolute atomic E-state index is 0.519. The maximum absolute atomic E-state index is 9.34. The van der Waals surface area contributed by atoms with E-state index in [1.54, 1.807) is 6.08 Å². The van der Waals surface area contributed by atoms with Crippen molar-refractivity contribution < 1.29 is 14.6 Å². The molecule has 0 aromatic carbocycles. The van der Waals surface area contributed by atoms with Gasteiger partial charge in [0.1, 0.15) is 6.10 Å². The van der Waals surface area contributed by atoms with Crippen molar-refractivity contribution in [3.8, 4) is 0 Å². The molecule has 0 heterocycles. The lowest BCUT2D eigenvalue weighted by Gasteiger charge is -2.18. The molecule has 66 valence electrons. The van der Waals surface area contributed by atoms with Gasteiger partial charge in [-0.1, -0.05) is 6.08 Å². The maximum Gasteiger partial charge on any atom is 0.182 e. The summed E-state index contributed by atoms with van der Waals surface area (Å²) in [7, 11) is 3.01. The summed E-state index contributed by atoms with van der Waals surface area (Å²) in [4.78, 5) is 0. The largest absolute Gasteiger partial charge is 0.388 e. The second-order valence-electron chi connectivity index (χ2n) is 2.27. The van der Waals surface area contributed by atoms with Crippen LogP contribution in [0.25, 0.3) is 0 Å². The van der Waals surface area contributed by atoms with E-state index in [0.717, 1.165) is 6.42 Å². The Labute approximate surface area is 67.6 Å². The molecule has 0 saturated carbocycles. The van der Waals surface area contributed by atoms with Gasteiger partial charge in [-0.3, -0.25) is 0 Å². The average molecular weight is 160 g/mol. The smallest absolute Gasteiger partial charge is 0.182 e. The molecule has 0 amide bonds. The van der Waals surface area contributed by atoms with E-state index in [9.17, 15) is 5.11 Å². The molecule has 0 aliphatic carbocycles. The number of hydrogen-bond donors (Lipinski definition) is 1. The zero-order valence-corrected chi connectivity index (χ0v) is 7.12. The molecule has 0 bridgehead atoms. The Balaban J connectivity index is 3.59. The normalized spacial score (nSPS) is 13.5. The first kappa shape index (κ1) is 10.6. The summed E-state index contributed by atoms with van der Waals surface area (Å²) in [5.41, 5.74) is 0. The fraction of sp³-hybridized carbons (Fsp3) is 0.750. The van der Waals surface area contributed by atoms with Gasteiger partial charge in [0.05, 0.1) is 0 Å². The molecule has 0 rings (SSSR count). The first-order chi connectivity index (χ1) is 5.26. The first-order valence-corrected chi connectivity index (χ1v) is 3.60. The predicted octanol–water partition coefficient (Wildman–Crippen LogP) is 0.932. The van der Waals surface area contributed by atoms with E-state index in [2.05, 4.69) is 6.58 Å². The molecule has 3 heteroatoms. The molecular weight excluding hydrogens is 144 g/mol. The Bertz CT molecular complexity index is 99.5. The molecule has 0 radical (unpaired) electrons. The van der Waals surface area contributed by atoms with Gasteiger partial charge in [0.2, 0.25) is 0 Å². The summed E-state index contributed by atoms with van der Waals surface area (Å²) in [5.74, 6) is 0. The lowest BCUT2D eigenvalue weighted by molar-refractivity contribution is -0.165. The fourth-order valence-corrected chi connectivity index (χ4v) is 0.835. The molecule has 0 unspecified atom stereocenters. The number of methoxy groups -OCH3 is 2. The van der Waals surface area contributed by atoms with Crippen molar-refractivity contribution in [3.05, 3.63) is 12.7 Å². The van der Waals surface area contributed by atoms with Crippen molar-refractivity contribution in [1.29, 1.82) is 0 Å². The minimum Gasteiger partial charge on any atom is -0.388 e. The second-order valence-corrected chi connectivity index (χ2v) is 2.27. The predicted molar refractivity (Wildman–Crippen MR) is 43.2 cm³/mol. The van der Waals surface area contributed by atoms with Crippen LogP contribution in [0.4, 0.5) is 0 Å². The van der Waals surface area contributed by atoms with Crippen LogP contribution in [0.15, 0.2) is 12.7 Å². The van der Waals surface area contributed by atoms with E-state index in [-0.39, 0.29) is 0 Å². The van der Waals surface area contributed by atoms with Crippen LogP contribution in [0.2, 0.25) is 0 Å². The molecule has 0 saturated heterocycles. The minimum atomic E-state index is -0.567. The van der Waals surface area contributed by atoms with Gasteiger partial charge in [-0.2, -0.15) is 0 Å². The fourth-order valence-electron chi connectivity index (χ4n) is 0.835. The van der Waals surface area contributed by atoms with E-state index >= 15 is 0 Å². The van der Waals surface area contributed by atoms with Gasteiger partial charge >= 0.3 is 0 Å². The molecule has 3 nitrogen and oxygen atoms in total. The highest BCUT2D eigenvalue weighted by Crippen LogP contribution is 2.06. The average Bonchev–Trinajstić information content (AvgIpc) is 2.03. The lowest BCUT2D eigenvalue weighted by atomic mass is 10.2. The maximum atomic E-state index is 9.34. The summed E-state index contributed by atoms with van der Waals surface area (Å²) in [6.45, 7) is 3.55. The highest BCUT2D eigenvalue weighted by molar-refractivity contribution is 4.70. The van der Waals surface area contributed by atoms with E-state index < -0.39 is 12.4 Å². The molecule has 1 N–H and O–H groups in total. The van der Waals surface area contributed by atoms with Gasteiger partial charge in [-0.05, 0) is 12.8 Å². The van der Waals surface area contributed by atoms with Crippen molar-refractivity contribution in [2.24, 2.45) is 0 Å². The third-order valence-electron chi connectivity index (χ3n) is 1.45. The van der Waals surface area contributed by atoms with Crippen molar-refractivity contribution in [3.63, 3.8) is 0 Å². The number of ether oxygens (including phenoxy) is 2. The van der Waals surface area contributed by atoms with Gasteiger partial charge in [0.25, 0.3) is 0 Å². The number of hydrogen-bond acceptors (Lipinski definition) is 3. The van der Waals surface area contributed by atoms with E-state index in [1.165, 1.54) is 14.2 Å². The van der Waals surface area contributed by atoms with E-state index in [1.807, 2.05) is 0 Å². The van der Waals surface area contributed by atoms with Gasteiger partial charge in [-0.25, -0.2) is 0 Å². The number of allylic oxidation sites excluding steroid dienone is 1. The molecule has 0 aromatic rings. The number of aliphatic hydroxyl groups excluding tert-OH is 1. The summed E-state index contributed by atoms with van der Waals surface area (Å²) < 4.78 is 9.70. The Morgan fingerprint density at radius 3 is 2.36 bits per heavy atom. The standard InChI is InChI=1S/C8H16O3/c1-4-5-6-7(9)8(10-2)11-3/h4,7-9H,1,5-6H2,2-3H3/t7-/m0/s1. The Kier molecular flexibility index (Phi) is 6.12. The Morgan fingerprint density at radius 2 is 2.00 bits per heavy atom. The van der Waals surface area contributed by atoms with E-state index in [4.69, 9.17) is 9.47 Å². The van der Waals surface area contributed by atoms with Crippen LogP contribution in [-0.4, -0.2) is 31.7 Å². The first-order valence-electron chi connectivity index (χ1n) is 3.60. The molecule has 0 aromatic heterocycles. The van der Waals surface area contributed by atoms with E-state index in [0.29, 0.717) is 6.42 Å². The highest BCUT2D eigenvalue weighted by Gasteiger charge is 2.16. The van der Waals surface area contributed by atoms with Crippen molar-refractivity contribution in [2.75, 3.05) is 14.2 Å². The molecule has 1 atom stereocenters. The van der Waals surface area contributed by atoms with Crippen molar-refractivity contribution in [1.82, 2.24) is 0 Å². The van der Waals surface area contributed by atoms with Crippen LogP contribution in [0, 0.1) is 0 Å². The lowest BCUT2D eigenvalue weighted by Crippen LogP contribution is -2.29. The molecule has 0 aliphatic heterocycles. The zero-order valence-electron chi connectivity index (χ0n) is 7.12. The van der Waals surface area contributed by atoms with Crippen molar-refractivity contribution in [2.45, 2.75) is 25.2 Å². The molecule has 0 aliphatic rings. The third-order valence-corrected chi connectivity index (χ3v) is 1.45. The number of rotatable bonds is 6. The van der Waals surface area contributed by atoms with Crippen LogP contribution in [-0.2, 0) is 9.47 Å². The van der Waals surface area contributed by atoms with Crippen LogP contribution in [0.5, 0.6) is 0 Å². The van der Waals surface area contributed by atoms with Crippen LogP contribution >= 0.6 is 0 Å². The number of aliphatic hydroxyl groups is 1. The molecule has 11 heavy (non-hydrogen) atoms. The van der Waals surface area contributed by atoms with Crippen LogP contribution < -0.4 is 0 Å². The summed E-state index contributed by atoms with van der Waals surface area (Å²) in [5, 5.41) is 9.34. The Hall–Kier alpha value is -0.380. The van der Waals surface area contributed by atoms with Crippen LogP contribution in [0.1, 0.15) is 12.8 Å². The molecule has 0 spiro atoms. The highest BCUT2D eigenvalue weighted by atomic mass is 16.7. The van der Waals surface area contributed by atoms with Crippen molar-refractivity contribution >= 4 is 0 Å².